The maximum absolute atomic E-state index is 13.2. The molecule has 7 heteroatoms. The topological polar surface area (TPSA) is 73.4 Å². The third kappa shape index (κ3) is 3.93. The first-order valence-electron chi connectivity index (χ1n) is 10.8. The van der Waals surface area contributed by atoms with Gasteiger partial charge in [-0.3, -0.25) is 9.59 Å². The largest absolute Gasteiger partial charge is 0.507 e. The molecule has 1 aliphatic heterocycles. The van der Waals surface area contributed by atoms with E-state index in [9.17, 15) is 14.7 Å². The molecule has 170 valence electrons. The van der Waals surface area contributed by atoms with Gasteiger partial charge in [-0.25, -0.2) is 0 Å². The first-order chi connectivity index (χ1) is 16.5. The molecule has 5 nitrogen and oxygen atoms in total. The molecule has 1 amide bonds. The molecule has 4 aromatic rings. The Kier molecular flexibility index (Phi) is 6.02. The van der Waals surface area contributed by atoms with Crippen molar-refractivity contribution in [2.45, 2.75) is 12.5 Å². The Morgan fingerprint density at radius 2 is 1.71 bits per heavy atom. The molecule has 1 fully saturated rings. The molecule has 1 unspecified atom stereocenters. The Morgan fingerprint density at radius 1 is 1.00 bits per heavy atom. The number of hydrogen-bond donors (Lipinski definition) is 2. The molecule has 1 atom stereocenters. The van der Waals surface area contributed by atoms with E-state index >= 15 is 0 Å². The third-order valence-electron chi connectivity index (χ3n) is 6.15. The Morgan fingerprint density at radius 3 is 2.47 bits per heavy atom. The van der Waals surface area contributed by atoms with E-state index in [1.165, 1.54) is 4.90 Å². The van der Waals surface area contributed by atoms with Crippen LogP contribution in [-0.4, -0.2) is 33.2 Å². The molecule has 0 radical (unpaired) electrons. The van der Waals surface area contributed by atoms with Crippen LogP contribution < -0.4 is 0 Å². The van der Waals surface area contributed by atoms with Gasteiger partial charge in [0.05, 0.1) is 11.6 Å². The van der Waals surface area contributed by atoms with Crippen LogP contribution >= 0.6 is 27.5 Å². The van der Waals surface area contributed by atoms with E-state index < -0.39 is 17.7 Å². The van der Waals surface area contributed by atoms with Crippen molar-refractivity contribution in [1.29, 1.82) is 0 Å². The molecular formula is C27H20BrClN2O3. The monoisotopic (exact) mass is 534 g/mol. The predicted octanol–water partition coefficient (Wildman–Crippen LogP) is 6.25. The molecule has 0 saturated carbocycles. The van der Waals surface area contributed by atoms with Crippen molar-refractivity contribution in [2.75, 3.05) is 6.54 Å². The van der Waals surface area contributed by atoms with Crippen LogP contribution in [-0.2, 0) is 16.0 Å². The quantitative estimate of drug-likeness (QED) is 0.180. The predicted molar refractivity (Wildman–Crippen MR) is 137 cm³/mol. The standard InChI is InChI=1S/C27H20BrClN2O3/c28-18-11-9-16(10-12-18)25(32)23-24(20-6-1-3-7-21(20)29)31(27(34)26(23)33)14-13-17-15-30-22-8-4-2-5-19(17)22/h1-12,15,24,30,32H,13-14H2/b25-23-. The van der Waals surface area contributed by atoms with Crippen LogP contribution in [0.3, 0.4) is 0 Å². The molecule has 0 spiro atoms. The average molecular weight is 536 g/mol. The minimum atomic E-state index is -0.789. The van der Waals surface area contributed by atoms with Crippen LogP contribution in [0.15, 0.2) is 89.0 Å². The fourth-order valence-electron chi connectivity index (χ4n) is 4.47. The van der Waals surface area contributed by atoms with Gasteiger partial charge in [-0.05, 0) is 41.8 Å². The number of halogens is 2. The van der Waals surface area contributed by atoms with Gasteiger partial charge in [0.1, 0.15) is 5.76 Å². The number of aromatic nitrogens is 1. The second-order valence-electron chi connectivity index (χ2n) is 8.13. The number of ketones is 1. The summed E-state index contributed by atoms with van der Waals surface area (Å²) < 4.78 is 0.839. The second-order valence-corrected chi connectivity index (χ2v) is 9.45. The number of carbonyl (C=O) groups excluding carboxylic acids is 2. The molecule has 2 heterocycles. The van der Waals surface area contributed by atoms with E-state index in [0.717, 1.165) is 20.9 Å². The molecule has 3 aromatic carbocycles. The summed E-state index contributed by atoms with van der Waals surface area (Å²) in [4.78, 5) is 31.1. The second kappa shape index (κ2) is 9.12. The molecule has 1 aliphatic rings. The van der Waals surface area contributed by atoms with Crippen LogP contribution in [0.25, 0.3) is 16.7 Å². The normalized spacial score (nSPS) is 17.6. The highest BCUT2D eigenvalue weighted by Crippen LogP contribution is 2.42. The fraction of sp³-hybridized carbons (Fsp3) is 0.111. The average Bonchev–Trinajstić information content (AvgIpc) is 3.37. The third-order valence-corrected chi connectivity index (χ3v) is 7.03. The summed E-state index contributed by atoms with van der Waals surface area (Å²) in [6.45, 7) is 0.291. The van der Waals surface area contributed by atoms with Gasteiger partial charge in [0.25, 0.3) is 11.7 Å². The number of aliphatic hydroxyl groups excluding tert-OH is 1. The van der Waals surface area contributed by atoms with Crippen molar-refractivity contribution in [3.05, 3.63) is 111 Å². The van der Waals surface area contributed by atoms with Gasteiger partial charge >= 0.3 is 0 Å². The van der Waals surface area contributed by atoms with E-state index in [1.807, 2.05) is 30.5 Å². The lowest BCUT2D eigenvalue weighted by molar-refractivity contribution is -0.139. The Bertz CT molecular complexity index is 1440. The number of benzene rings is 3. The first kappa shape index (κ1) is 22.4. The number of Topliss-reactive ketones (excluding diaryl/α,β-unsaturated/α-hetero) is 1. The Balaban J connectivity index is 1.58. The van der Waals surface area contributed by atoms with Crippen molar-refractivity contribution in [3.8, 4) is 0 Å². The zero-order valence-electron chi connectivity index (χ0n) is 18.0. The van der Waals surface area contributed by atoms with Crippen molar-refractivity contribution in [1.82, 2.24) is 9.88 Å². The molecule has 1 saturated heterocycles. The van der Waals surface area contributed by atoms with E-state index in [4.69, 9.17) is 11.6 Å². The number of amides is 1. The highest BCUT2D eigenvalue weighted by atomic mass is 79.9. The summed E-state index contributed by atoms with van der Waals surface area (Å²) in [6.07, 6.45) is 2.46. The summed E-state index contributed by atoms with van der Waals surface area (Å²) in [6, 6.07) is 21.2. The number of H-pyrrole nitrogens is 1. The van der Waals surface area contributed by atoms with Crippen LogP contribution in [0, 0.1) is 0 Å². The van der Waals surface area contributed by atoms with Gasteiger partial charge in [0.2, 0.25) is 0 Å². The molecule has 0 bridgehead atoms. The fourth-order valence-corrected chi connectivity index (χ4v) is 4.98. The number of hydrogen-bond acceptors (Lipinski definition) is 3. The smallest absolute Gasteiger partial charge is 0.295 e. The number of aliphatic hydroxyl groups is 1. The van der Waals surface area contributed by atoms with E-state index in [0.29, 0.717) is 29.1 Å². The number of fused-ring (bicyclic) bond motifs is 1. The van der Waals surface area contributed by atoms with Gasteiger partial charge < -0.3 is 15.0 Å². The van der Waals surface area contributed by atoms with E-state index in [1.54, 1.807) is 48.5 Å². The van der Waals surface area contributed by atoms with E-state index in [-0.39, 0.29) is 11.3 Å². The number of nitrogens with one attached hydrogen (secondary N) is 1. The van der Waals surface area contributed by atoms with Crippen molar-refractivity contribution in [3.63, 3.8) is 0 Å². The van der Waals surface area contributed by atoms with E-state index in [2.05, 4.69) is 20.9 Å². The van der Waals surface area contributed by atoms with Crippen molar-refractivity contribution in [2.24, 2.45) is 0 Å². The number of aromatic amines is 1. The van der Waals surface area contributed by atoms with Gasteiger partial charge in [0, 0.05) is 38.7 Å². The lowest BCUT2D eigenvalue weighted by atomic mass is 9.95. The summed E-state index contributed by atoms with van der Waals surface area (Å²) in [7, 11) is 0. The van der Waals surface area contributed by atoms with Crippen LogP contribution in [0.4, 0.5) is 0 Å². The van der Waals surface area contributed by atoms with Crippen molar-refractivity contribution >= 4 is 55.9 Å². The number of nitrogens with zero attached hydrogens (tertiary/aromatic N) is 1. The number of carbonyl (C=O) groups is 2. The van der Waals surface area contributed by atoms with Gasteiger partial charge in [-0.15, -0.1) is 0 Å². The number of para-hydroxylation sites is 1. The molecule has 1 aromatic heterocycles. The van der Waals surface area contributed by atoms with Crippen molar-refractivity contribution < 1.29 is 14.7 Å². The lowest BCUT2D eigenvalue weighted by Gasteiger charge is -2.26. The SMILES string of the molecule is O=C1C(=O)N(CCc2c[nH]c3ccccc23)C(c2ccccc2Cl)/C1=C(/O)c1ccc(Br)cc1. The molecule has 34 heavy (non-hydrogen) atoms. The minimum Gasteiger partial charge on any atom is -0.507 e. The summed E-state index contributed by atoms with van der Waals surface area (Å²) in [5, 5.41) is 12.6. The zero-order valence-corrected chi connectivity index (χ0v) is 20.3. The minimum absolute atomic E-state index is 0.0411. The van der Waals surface area contributed by atoms with Gasteiger partial charge in [-0.1, -0.05) is 76.1 Å². The lowest BCUT2D eigenvalue weighted by Crippen LogP contribution is -2.31. The molecular weight excluding hydrogens is 516 g/mol. The first-order valence-corrected chi connectivity index (χ1v) is 12.0. The summed E-state index contributed by atoms with van der Waals surface area (Å²) in [5.74, 6) is -1.59. The summed E-state index contributed by atoms with van der Waals surface area (Å²) in [5.41, 5.74) is 3.15. The van der Waals surface area contributed by atoms with Crippen LogP contribution in [0.1, 0.15) is 22.7 Å². The Hall–Kier alpha value is -3.35. The maximum Gasteiger partial charge on any atom is 0.295 e. The molecule has 5 rings (SSSR count). The molecule has 0 aliphatic carbocycles. The van der Waals surface area contributed by atoms with Gasteiger partial charge in [0.15, 0.2) is 0 Å². The number of likely N-dealkylation sites (tertiary alicyclic amines) is 1. The van der Waals surface area contributed by atoms with Crippen LogP contribution in [0.5, 0.6) is 0 Å². The van der Waals surface area contributed by atoms with Crippen LogP contribution in [0.2, 0.25) is 5.02 Å². The van der Waals surface area contributed by atoms with Gasteiger partial charge in [-0.2, -0.15) is 0 Å². The maximum atomic E-state index is 13.2. The highest BCUT2D eigenvalue weighted by molar-refractivity contribution is 9.10. The highest BCUT2D eigenvalue weighted by Gasteiger charge is 2.46. The molecule has 2 N–H and O–H groups in total. The summed E-state index contributed by atoms with van der Waals surface area (Å²) >= 11 is 9.89. The zero-order chi connectivity index (χ0) is 23.8. The Labute approximate surface area is 209 Å². The number of rotatable bonds is 5.